The zero-order chi connectivity index (χ0) is 28.5. The molecule has 2 rings (SSSR count). The fraction of sp³-hybridized carbons (Fsp3) is 0.517. The molecular formula is C29H43N3O5S. The van der Waals surface area contributed by atoms with E-state index < -0.39 is 21.6 Å². The topological polar surface area (TPSA) is 96.0 Å². The van der Waals surface area contributed by atoms with E-state index in [0.717, 1.165) is 17.4 Å². The molecule has 210 valence electrons. The molecule has 2 aromatic carbocycles. The lowest BCUT2D eigenvalue weighted by Gasteiger charge is -2.33. The first-order chi connectivity index (χ1) is 17.8. The summed E-state index contributed by atoms with van der Waals surface area (Å²) in [5.74, 6) is 0.0644. The van der Waals surface area contributed by atoms with Gasteiger partial charge in [-0.1, -0.05) is 48.9 Å². The predicted octanol–water partition coefficient (Wildman–Crippen LogP) is 4.66. The van der Waals surface area contributed by atoms with Gasteiger partial charge in [0.2, 0.25) is 21.8 Å². The van der Waals surface area contributed by atoms with Crippen molar-refractivity contribution in [3.63, 3.8) is 0 Å². The number of ether oxygens (including phenoxy) is 1. The first-order valence-electron chi connectivity index (χ1n) is 13.1. The fourth-order valence-electron chi connectivity index (χ4n) is 4.19. The number of sulfonamides is 1. The van der Waals surface area contributed by atoms with Gasteiger partial charge < -0.3 is 15.0 Å². The number of nitrogens with one attached hydrogen (secondary N) is 1. The van der Waals surface area contributed by atoms with E-state index in [1.54, 1.807) is 29.2 Å². The molecule has 0 saturated heterocycles. The number of benzene rings is 2. The molecule has 0 aliphatic rings. The maximum Gasteiger partial charge on any atom is 0.243 e. The van der Waals surface area contributed by atoms with E-state index in [1.165, 1.54) is 4.31 Å². The van der Waals surface area contributed by atoms with Crippen molar-refractivity contribution in [1.29, 1.82) is 0 Å². The monoisotopic (exact) mass is 545 g/mol. The molecule has 0 radical (unpaired) electrons. The minimum absolute atomic E-state index is 0.0913. The number of carbonyl (C=O) groups is 2. The van der Waals surface area contributed by atoms with Crippen molar-refractivity contribution in [2.24, 2.45) is 0 Å². The third kappa shape index (κ3) is 9.35. The van der Waals surface area contributed by atoms with Crippen LogP contribution in [0.15, 0.2) is 48.5 Å². The van der Waals surface area contributed by atoms with Gasteiger partial charge in [0.15, 0.2) is 0 Å². The molecule has 0 fully saturated rings. The molecule has 2 aromatic rings. The zero-order valence-corrected chi connectivity index (χ0v) is 24.6. The summed E-state index contributed by atoms with van der Waals surface area (Å²) in [5.41, 5.74) is 2.04. The summed E-state index contributed by atoms with van der Waals surface area (Å²) in [6.45, 7) is 12.2. The third-order valence-corrected chi connectivity index (χ3v) is 7.12. The van der Waals surface area contributed by atoms with Gasteiger partial charge in [-0.25, -0.2) is 8.42 Å². The summed E-state index contributed by atoms with van der Waals surface area (Å²) in [6, 6.07) is 14.2. The van der Waals surface area contributed by atoms with Crippen LogP contribution in [0.3, 0.4) is 0 Å². The largest absolute Gasteiger partial charge is 0.492 e. The quantitative estimate of drug-likeness (QED) is 0.395. The van der Waals surface area contributed by atoms with Gasteiger partial charge in [-0.3, -0.25) is 13.9 Å². The van der Waals surface area contributed by atoms with Crippen LogP contribution < -0.4 is 14.4 Å². The highest BCUT2D eigenvalue weighted by Crippen LogP contribution is 2.30. The average Bonchev–Trinajstić information content (AvgIpc) is 2.82. The van der Waals surface area contributed by atoms with Crippen LogP contribution in [0.4, 0.5) is 5.69 Å². The molecule has 1 atom stereocenters. The van der Waals surface area contributed by atoms with Gasteiger partial charge in [0.25, 0.3) is 0 Å². The highest BCUT2D eigenvalue weighted by molar-refractivity contribution is 7.92. The Kier molecular flexibility index (Phi) is 11.2. The normalized spacial score (nSPS) is 12.5. The maximum absolute atomic E-state index is 13.6. The van der Waals surface area contributed by atoms with Crippen molar-refractivity contribution in [2.45, 2.75) is 78.9 Å². The Labute approximate surface area is 228 Å². The van der Waals surface area contributed by atoms with Crippen LogP contribution in [0, 0.1) is 6.92 Å². The number of hydrogen-bond donors (Lipinski definition) is 1. The second-order valence-electron chi connectivity index (χ2n) is 10.5. The highest BCUT2D eigenvalue weighted by atomic mass is 32.2. The molecule has 9 heteroatoms. The number of carbonyl (C=O) groups excluding carboxylic acids is 2. The van der Waals surface area contributed by atoms with Crippen LogP contribution in [-0.2, 0) is 26.2 Å². The van der Waals surface area contributed by atoms with Crippen LogP contribution in [0.2, 0.25) is 0 Å². The fourth-order valence-corrected chi connectivity index (χ4v) is 5.15. The molecule has 0 aliphatic carbocycles. The van der Waals surface area contributed by atoms with Crippen LogP contribution >= 0.6 is 0 Å². The van der Waals surface area contributed by atoms with Crippen LogP contribution in [0.5, 0.6) is 5.75 Å². The van der Waals surface area contributed by atoms with E-state index in [4.69, 9.17) is 4.74 Å². The van der Waals surface area contributed by atoms with Gasteiger partial charge in [-0.2, -0.15) is 0 Å². The standard InChI is InChI=1S/C29H43N3O5S/c1-8-24(28(34)30-29(4,5)6)31(21-23-18-16-22(3)17-19-23)27(33)15-12-20-32(38(7,35)36)25-13-10-11-14-26(25)37-9-2/h10-11,13-14,16-19,24H,8-9,12,15,20-21H2,1-7H3,(H,30,34). The zero-order valence-electron chi connectivity index (χ0n) is 23.8. The number of aryl methyl sites for hydroxylation is 1. The minimum atomic E-state index is -3.62. The number of rotatable bonds is 13. The number of hydrogen-bond acceptors (Lipinski definition) is 5. The molecular weight excluding hydrogens is 502 g/mol. The lowest BCUT2D eigenvalue weighted by molar-refractivity contribution is -0.142. The maximum atomic E-state index is 13.6. The van der Waals surface area contributed by atoms with Gasteiger partial charge in [0.1, 0.15) is 11.8 Å². The van der Waals surface area contributed by atoms with Crippen molar-refractivity contribution in [2.75, 3.05) is 23.7 Å². The Morgan fingerprint density at radius 3 is 2.21 bits per heavy atom. The molecule has 0 aliphatic heterocycles. The van der Waals surface area contributed by atoms with Gasteiger partial charge >= 0.3 is 0 Å². The van der Waals surface area contributed by atoms with Crippen molar-refractivity contribution in [3.8, 4) is 5.75 Å². The lowest BCUT2D eigenvalue weighted by Crippen LogP contribution is -2.53. The first-order valence-corrected chi connectivity index (χ1v) is 15.0. The second kappa shape index (κ2) is 13.6. The van der Waals surface area contributed by atoms with Crippen molar-refractivity contribution >= 4 is 27.5 Å². The summed E-state index contributed by atoms with van der Waals surface area (Å²) < 4.78 is 32.2. The predicted molar refractivity (Wildman–Crippen MR) is 153 cm³/mol. The summed E-state index contributed by atoms with van der Waals surface area (Å²) in [7, 11) is -3.62. The van der Waals surface area contributed by atoms with Crippen LogP contribution in [0.1, 0.15) is 65.0 Å². The molecule has 2 amide bonds. The van der Waals surface area contributed by atoms with Gasteiger partial charge in [0.05, 0.1) is 18.6 Å². The SMILES string of the molecule is CCOc1ccccc1N(CCCC(=O)N(Cc1ccc(C)cc1)C(CC)C(=O)NC(C)(C)C)S(C)(=O)=O. The van der Waals surface area contributed by atoms with Gasteiger partial charge in [-0.05, 0) is 65.2 Å². The number of anilines is 1. The van der Waals surface area contributed by atoms with Crippen molar-refractivity contribution in [1.82, 2.24) is 10.2 Å². The smallest absolute Gasteiger partial charge is 0.243 e. The molecule has 38 heavy (non-hydrogen) atoms. The van der Waals surface area contributed by atoms with E-state index in [2.05, 4.69) is 5.32 Å². The molecule has 0 bridgehead atoms. The second-order valence-corrected chi connectivity index (χ2v) is 12.4. The Bertz CT molecular complexity index is 1170. The van der Waals surface area contributed by atoms with E-state index >= 15 is 0 Å². The van der Waals surface area contributed by atoms with Gasteiger partial charge in [-0.15, -0.1) is 0 Å². The Balaban J connectivity index is 2.27. The van der Waals surface area contributed by atoms with Crippen molar-refractivity contribution < 1.29 is 22.7 Å². The summed E-state index contributed by atoms with van der Waals surface area (Å²) >= 11 is 0. The minimum Gasteiger partial charge on any atom is -0.492 e. The van der Waals surface area contributed by atoms with Crippen LogP contribution in [0.25, 0.3) is 0 Å². The Morgan fingerprint density at radius 2 is 1.66 bits per heavy atom. The molecule has 0 heterocycles. The molecule has 1 N–H and O–H groups in total. The highest BCUT2D eigenvalue weighted by Gasteiger charge is 2.31. The summed E-state index contributed by atoms with van der Waals surface area (Å²) in [6.07, 6.45) is 1.98. The van der Waals surface area contributed by atoms with E-state index in [0.29, 0.717) is 24.5 Å². The summed E-state index contributed by atoms with van der Waals surface area (Å²) in [4.78, 5) is 28.4. The van der Waals surface area contributed by atoms with Crippen LogP contribution in [-0.4, -0.2) is 56.1 Å². The first kappa shape index (κ1) is 31.1. The number of para-hydroxylation sites is 2. The Hall–Kier alpha value is -3.07. The molecule has 0 spiro atoms. The molecule has 0 saturated carbocycles. The lowest BCUT2D eigenvalue weighted by atomic mass is 10.0. The van der Waals surface area contributed by atoms with Crippen molar-refractivity contribution in [3.05, 3.63) is 59.7 Å². The Morgan fingerprint density at radius 1 is 1.03 bits per heavy atom. The molecule has 1 unspecified atom stereocenters. The average molecular weight is 546 g/mol. The third-order valence-electron chi connectivity index (χ3n) is 5.94. The van der Waals surface area contributed by atoms with E-state index in [-0.39, 0.29) is 37.7 Å². The molecule has 8 nitrogen and oxygen atoms in total. The summed E-state index contributed by atoms with van der Waals surface area (Å²) in [5, 5.41) is 3.00. The molecule has 0 aromatic heterocycles. The van der Waals surface area contributed by atoms with E-state index in [1.807, 2.05) is 65.8 Å². The number of amides is 2. The number of nitrogens with zero attached hydrogens (tertiary/aromatic N) is 2. The van der Waals surface area contributed by atoms with E-state index in [9.17, 15) is 18.0 Å². The van der Waals surface area contributed by atoms with Gasteiger partial charge in [0, 0.05) is 25.0 Å².